The molecule has 8 nitrogen and oxygen atoms in total. The number of aliphatic hydroxyl groups excluding tert-OH is 1. The zero-order chi connectivity index (χ0) is 27.7. The number of hydrogen-bond donors (Lipinski definition) is 1. The Morgan fingerprint density at radius 1 is 1.00 bits per heavy atom. The number of amides is 1. The van der Waals surface area contributed by atoms with Gasteiger partial charge in [-0.1, -0.05) is 35.9 Å². The van der Waals surface area contributed by atoms with Crippen LogP contribution in [0.3, 0.4) is 0 Å². The van der Waals surface area contributed by atoms with E-state index >= 15 is 0 Å². The van der Waals surface area contributed by atoms with E-state index in [2.05, 4.69) is 0 Å². The summed E-state index contributed by atoms with van der Waals surface area (Å²) >= 11 is 6.19. The second-order valence-electron chi connectivity index (χ2n) is 8.91. The molecule has 0 aliphatic carbocycles. The summed E-state index contributed by atoms with van der Waals surface area (Å²) < 4.78 is 22.0. The predicted molar refractivity (Wildman–Crippen MR) is 146 cm³/mol. The largest absolute Gasteiger partial charge is 0.503 e. The van der Waals surface area contributed by atoms with E-state index in [0.717, 1.165) is 5.56 Å². The van der Waals surface area contributed by atoms with Gasteiger partial charge in [0.05, 0.1) is 32.4 Å². The standard InChI is InChI=1S/C30H26ClNO7/c1-4-38-22-11-7-18(8-12-22)26-25(27(33)23-14-19-13-20(31)15-24(37-3)29(19)39-23)28(34)30(35)32(26)16-17-5-9-21(36-2)10-6-17/h5-15,26,34H,4,16H2,1-3H3. The Bertz CT molecular complexity index is 1570. The molecule has 1 aliphatic rings. The van der Waals surface area contributed by atoms with Gasteiger partial charge < -0.3 is 28.6 Å². The first-order valence-corrected chi connectivity index (χ1v) is 12.6. The molecule has 4 aromatic rings. The average molecular weight is 548 g/mol. The molecule has 200 valence electrons. The molecule has 5 rings (SSSR count). The van der Waals surface area contributed by atoms with Gasteiger partial charge in [-0.3, -0.25) is 9.59 Å². The molecule has 0 bridgehead atoms. The highest BCUT2D eigenvalue weighted by Gasteiger charge is 2.44. The number of fused-ring (bicyclic) bond motifs is 1. The van der Waals surface area contributed by atoms with Crippen LogP contribution in [0, 0.1) is 0 Å². The van der Waals surface area contributed by atoms with E-state index in [9.17, 15) is 14.7 Å². The lowest BCUT2D eigenvalue weighted by molar-refractivity contribution is -0.130. The zero-order valence-electron chi connectivity index (χ0n) is 21.6. The zero-order valence-corrected chi connectivity index (χ0v) is 22.3. The summed E-state index contributed by atoms with van der Waals surface area (Å²) in [5.74, 6) is -0.279. The van der Waals surface area contributed by atoms with Crippen molar-refractivity contribution >= 4 is 34.3 Å². The summed E-state index contributed by atoms with van der Waals surface area (Å²) in [4.78, 5) is 28.7. The number of ether oxygens (including phenoxy) is 3. The highest BCUT2D eigenvalue weighted by atomic mass is 35.5. The van der Waals surface area contributed by atoms with E-state index in [0.29, 0.717) is 45.4 Å². The molecule has 1 aromatic heterocycles. The van der Waals surface area contributed by atoms with Crippen LogP contribution in [-0.4, -0.2) is 42.5 Å². The second kappa shape index (κ2) is 10.7. The van der Waals surface area contributed by atoms with Gasteiger partial charge in [-0.15, -0.1) is 0 Å². The maximum absolute atomic E-state index is 13.9. The number of rotatable bonds is 9. The van der Waals surface area contributed by atoms with Gasteiger partial charge in [0.2, 0.25) is 5.78 Å². The number of nitrogens with zero attached hydrogens (tertiary/aromatic N) is 1. The fourth-order valence-corrected chi connectivity index (χ4v) is 4.93. The van der Waals surface area contributed by atoms with Gasteiger partial charge in [0.1, 0.15) is 11.5 Å². The lowest BCUT2D eigenvalue weighted by atomic mass is 9.94. The quantitative estimate of drug-likeness (QED) is 0.246. The van der Waals surface area contributed by atoms with Gasteiger partial charge in [0.15, 0.2) is 22.9 Å². The van der Waals surface area contributed by atoms with Crippen molar-refractivity contribution in [3.63, 3.8) is 0 Å². The van der Waals surface area contributed by atoms with Crippen molar-refractivity contribution in [1.82, 2.24) is 4.90 Å². The summed E-state index contributed by atoms with van der Waals surface area (Å²) in [6, 6.07) is 18.2. The number of carbonyl (C=O) groups excluding carboxylic acids is 2. The first-order valence-electron chi connectivity index (χ1n) is 12.3. The molecular formula is C30H26ClNO7. The summed E-state index contributed by atoms with van der Waals surface area (Å²) in [5.41, 5.74) is 1.68. The Labute approximate surface area is 229 Å². The first kappa shape index (κ1) is 26.2. The third-order valence-electron chi connectivity index (χ3n) is 6.56. The van der Waals surface area contributed by atoms with Crippen LogP contribution in [0.4, 0.5) is 0 Å². The van der Waals surface area contributed by atoms with E-state index in [-0.39, 0.29) is 17.9 Å². The van der Waals surface area contributed by atoms with Crippen LogP contribution < -0.4 is 14.2 Å². The number of halogens is 1. The van der Waals surface area contributed by atoms with Gasteiger partial charge in [-0.05, 0) is 54.4 Å². The number of Topliss-reactive ketones (excluding diaryl/α,β-unsaturated/α-hetero) is 1. The fourth-order valence-electron chi connectivity index (χ4n) is 4.72. The lowest BCUT2D eigenvalue weighted by Gasteiger charge is -2.27. The van der Waals surface area contributed by atoms with Crippen molar-refractivity contribution in [2.45, 2.75) is 19.5 Å². The van der Waals surface area contributed by atoms with Crippen LogP contribution in [0.1, 0.15) is 34.6 Å². The Kier molecular flexibility index (Phi) is 7.21. The summed E-state index contributed by atoms with van der Waals surface area (Å²) in [6.07, 6.45) is 0. The van der Waals surface area contributed by atoms with Gasteiger partial charge in [-0.25, -0.2) is 0 Å². The highest BCUT2D eigenvalue weighted by Crippen LogP contribution is 2.42. The molecule has 0 fully saturated rings. The predicted octanol–water partition coefficient (Wildman–Crippen LogP) is 6.28. The maximum Gasteiger partial charge on any atom is 0.290 e. The Morgan fingerprint density at radius 2 is 1.69 bits per heavy atom. The van der Waals surface area contributed by atoms with E-state index in [4.69, 9.17) is 30.2 Å². The SMILES string of the molecule is CCOc1ccc(C2C(C(=O)c3cc4cc(Cl)cc(OC)c4o3)=C(O)C(=O)N2Cc2ccc(OC)cc2)cc1. The fraction of sp³-hybridized carbons (Fsp3) is 0.200. The van der Waals surface area contributed by atoms with E-state index in [1.807, 2.05) is 19.1 Å². The van der Waals surface area contributed by atoms with Crippen molar-refractivity contribution in [2.24, 2.45) is 0 Å². The summed E-state index contributed by atoms with van der Waals surface area (Å²) in [7, 11) is 3.04. The van der Waals surface area contributed by atoms with Gasteiger partial charge in [0.25, 0.3) is 5.91 Å². The summed E-state index contributed by atoms with van der Waals surface area (Å²) in [6.45, 7) is 2.52. The van der Waals surface area contributed by atoms with Crippen molar-refractivity contribution in [2.75, 3.05) is 20.8 Å². The van der Waals surface area contributed by atoms with Crippen LogP contribution in [0.25, 0.3) is 11.0 Å². The number of benzene rings is 3. The van der Waals surface area contributed by atoms with Crippen LogP contribution in [-0.2, 0) is 11.3 Å². The van der Waals surface area contributed by atoms with Gasteiger partial charge in [0, 0.05) is 23.0 Å². The topological polar surface area (TPSA) is 98.4 Å². The molecule has 1 amide bonds. The number of aliphatic hydroxyl groups is 1. The van der Waals surface area contributed by atoms with Crippen LogP contribution in [0.15, 0.2) is 82.5 Å². The minimum atomic E-state index is -0.874. The molecule has 2 heterocycles. The molecule has 0 radical (unpaired) electrons. The maximum atomic E-state index is 13.9. The molecule has 3 aromatic carbocycles. The molecule has 1 aliphatic heterocycles. The Morgan fingerprint density at radius 3 is 2.33 bits per heavy atom. The minimum Gasteiger partial charge on any atom is -0.503 e. The molecule has 1 unspecified atom stereocenters. The van der Waals surface area contributed by atoms with Gasteiger partial charge in [-0.2, -0.15) is 0 Å². The monoisotopic (exact) mass is 547 g/mol. The summed E-state index contributed by atoms with van der Waals surface area (Å²) in [5, 5.41) is 12.0. The van der Waals surface area contributed by atoms with Crippen LogP contribution in [0.5, 0.6) is 17.2 Å². The van der Waals surface area contributed by atoms with Crippen molar-refractivity contribution in [3.8, 4) is 17.2 Å². The molecule has 1 atom stereocenters. The molecule has 0 spiro atoms. The molecule has 0 saturated heterocycles. The second-order valence-corrected chi connectivity index (χ2v) is 9.35. The number of ketones is 1. The van der Waals surface area contributed by atoms with Crippen LogP contribution >= 0.6 is 11.6 Å². The highest BCUT2D eigenvalue weighted by molar-refractivity contribution is 6.31. The average Bonchev–Trinajstić information content (AvgIpc) is 3.48. The number of furan rings is 1. The van der Waals surface area contributed by atoms with Gasteiger partial charge >= 0.3 is 0 Å². The molecule has 9 heteroatoms. The molecule has 1 N–H and O–H groups in total. The molecular weight excluding hydrogens is 522 g/mol. The smallest absolute Gasteiger partial charge is 0.290 e. The first-order chi connectivity index (χ1) is 18.8. The number of methoxy groups -OCH3 is 2. The third kappa shape index (κ3) is 4.91. The van der Waals surface area contributed by atoms with Crippen molar-refractivity contribution in [1.29, 1.82) is 0 Å². The van der Waals surface area contributed by atoms with E-state index in [1.165, 1.54) is 18.1 Å². The van der Waals surface area contributed by atoms with Crippen LogP contribution in [0.2, 0.25) is 5.02 Å². The Hall–Kier alpha value is -4.43. The van der Waals surface area contributed by atoms with Crippen molar-refractivity contribution in [3.05, 3.63) is 100.0 Å². The van der Waals surface area contributed by atoms with Crippen molar-refractivity contribution < 1.29 is 33.3 Å². The van der Waals surface area contributed by atoms with E-state index in [1.54, 1.807) is 55.6 Å². The normalized spacial score (nSPS) is 15.2. The Balaban J connectivity index is 1.58. The number of carbonyl (C=O) groups is 2. The number of hydrogen-bond acceptors (Lipinski definition) is 7. The van der Waals surface area contributed by atoms with E-state index < -0.39 is 23.5 Å². The molecule has 0 saturated carbocycles. The minimum absolute atomic E-state index is 0.0536. The molecule has 39 heavy (non-hydrogen) atoms. The third-order valence-corrected chi connectivity index (χ3v) is 6.78. The lowest BCUT2D eigenvalue weighted by Crippen LogP contribution is -2.30.